The van der Waals surface area contributed by atoms with Gasteiger partial charge in [0.05, 0.1) is 11.8 Å². The van der Waals surface area contributed by atoms with Crippen LogP contribution in [0, 0.1) is 0 Å². The summed E-state index contributed by atoms with van der Waals surface area (Å²) in [5.41, 5.74) is 0.329. The molecule has 1 fully saturated rings. The molecule has 2 aliphatic heterocycles. The van der Waals surface area contributed by atoms with Crippen molar-refractivity contribution in [2.24, 2.45) is 0 Å². The second kappa shape index (κ2) is 7.26. The maximum atomic E-state index is 12.8. The Kier molecular flexibility index (Phi) is 5.33. The van der Waals surface area contributed by atoms with Crippen LogP contribution in [0.3, 0.4) is 0 Å². The summed E-state index contributed by atoms with van der Waals surface area (Å²) in [7, 11) is -3.32. The van der Waals surface area contributed by atoms with Crippen molar-refractivity contribution >= 4 is 33.5 Å². The summed E-state index contributed by atoms with van der Waals surface area (Å²) in [6.07, 6.45) is 1.65. The van der Waals surface area contributed by atoms with E-state index in [9.17, 15) is 18.0 Å². The van der Waals surface area contributed by atoms with Crippen molar-refractivity contribution in [3.8, 4) is 0 Å². The van der Waals surface area contributed by atoms with E-state index in [4.69, 9.17) is 16.3 Å². The quantitative estimate of drug-likeness (QED) is 0.758. The second-order valence-corrected chi connectivity index (χ2v) is 9.28. The molecule has 7 nitrogen and oxygen atoms in total. The number of hydrogen-bond acceptors (Lipinski definition) is 5. The van der Waals surface area contributed by atoms with Crippen molar-refractivity contribution in [3.63, 3.8) is 0 Å². The van der Waals surface area contributed by atoms with Gasteiger partial charge in [0, 0.05) is 43.1 Å². The van der Waals surface area contributed by atoms with Crippen LogP contribution in [-0.4, -0.2) is 49.5 Å². The second-order valence-electron chi connectivity index (χ2n) is 6.86. The molecule has 0 atom stereocenters. The predicted octanol–water partition coefficient (Wildman–Crippen LogP) is 1.62. The molecule has 1 spiro atoms. The number of piperidine rings is 1. The van der Waals surface area contributed by atoms with Crippen LogP contribution in [0.4, 0.5) is 0 Å². The molecule has 2 aliphatic rings. The Morgan fingerprint density at radius 2 is 2.00 bits per heavy atom. The number of nitrogens with one attached hydrogen (secondary N) is 1. The summed E-state index contributed by atoms with van der Waals surface area (Å²) >= 11 is 5.96. The smallest absolute Gasteiger partial charge is 0.335 e. The van der Waals surface area contributed by atoms with E-state index >= 15 is 0 Å². The summed E-state index contributed by atoms with van der Waals surface area (Å²) in [5.74, 6) is -0.915. The van der Waals surface area contributed by atoms with Crippen molar-refractivity contribution in [2.75, 3.05) is 19.3 Å². The first-order chi connectivity index (χ1) is 12.6. The largest absolute Gasteiger partial charge is 0.450 e. The average molecular weight is 413 g/mol. The van der Waals surface area contributed by atoms with Gasteiger partial charge in [-0.05, 0) is 24.6 Å². The molecule has 1 N–H and O–H groups in total. The number of halogens is 1. The molecule has 0 unspecified atom stereocenters. The predicted molar refractivity (Wildman–Crippen MR) is 100 cm³/mol. The summed E-state index contributed by atoms with van der Waals surface area (Å²) in [5, 5.41) is 3.38. The number of amides is 1. The van der Waals surface area contributed by atoms with Gasteiger partial charge in [-0.1, -0.05) is 23.7 Å². The molecule has 2 heterocycles. The highest BCUT2D eigenvalue weighted by atomic mass is 35.5. The molecular formula is C18H21ClN2O5S. The van der Waals surface area contributed by atoms with Gasteiger partial charge in [-0.25, -0.2) is 17.5 Å². The molecule has 146 valence electrons. The summed E-state index contributed by atoms with van der Waals surface area (Å²) < 4.78 is 30.4. The number of ether oxygens (including phenoxy) is 1. The molecule has 0 saturated carbocycles. The van der Waals surface area contributed by atoms with E-state index in [-0.39, 0.29) is 44.0 Å². The summed E-state index contributed by atoms with van der Waals surface area (Å²) in [6.45, 7) is 2.22. The molecule has 27 heavy (non-hydrogen) atoms. The number of nitrogens with zero attached hydrogens (tertiary/aromatic N) is 1. The summed E-state index contributed by atoms with van der Waals surface area (Å²) in [4.78, 5) is 25.0. The highest BCUT2D eigenvalue weighted by molar-refractivity contribution is 7.88. The molecule has 1 aromatic rings. The number of carbonyl (C=O) groups excluding carboxylic acids is 2. The molecule has 1 aromatic carbocycles. The van der Waals surface area contributed by atoms with Crippen LogP contribution in [0.25, 0.3) is 0 Å². The Balaban J connectivity index is 1.77. The molecule has 0 radical (unpaired) electrons. The minimum atomic E-state index is -3.32. The lowest BCUT2D eigenvalue weighted by Gasteiger charge is -2.38. The monoisotopic (exact) mass is 412 g/mol. The third kappa shape index (κ3) is 4.02. The average Bonchev–Trinajstić information content (AvgIpc) is 2.82. The van der Waals surface area contributed by atoms with Crippen molar-refractivity contribution in [3.05, 3.63) is 46.0 Å². The lowest BCUT2D eigenvalue weighted by molar-refractivity contribution is -0.150. The van der Waals surface area contributed by atoms with E-state index in [0.29, 0.717) is 10.6 Å². The minimum absolute atomic E-state index is 0.199. The number of sulfonamides is 1. The zero-order chi connectivity index (χ0) is 19.8. The molecule has 3 rings (SSSR count). The van der Waals surface area contributed by atoms with Gasteiger partial charge >= 0.3 is 5.97 Å². The first kappa shape index (κ1) is 19.9. The molecule has 0 bridgehead atoms. The van der Waals surface area contributed by atoms with Gasteiger partial charge in [-0.2, -0.15) is 0 Å². The van der Waals surface area contributed by atoms with E-state index in [1.807, 2.05) is 6.07 Å². The highest BCUT2D eigenvalue weighted by Gasteiger charge is 2.51. The topological polar surface area (TPSA) is 92.8 Å². The van der Waals surface area contributed by atoms with Gasteiger partial charge in [0.2, 0.25) is 10.0 Å². The van der Waals surface area contributed by atoms with Gasteiger partial charge in [0.15, 0.2) is 0 Å². The number of carbonyl (C=O) groups is 2. The number of hydrogen-bond donors (Lipinski definition) is 1. The Bertz CT molecular complexity index is 917. The van der Waals surface area contributed by atoms with E-state index in [1.54, 1.807) is 25.1 Å². The maximum absolute atomic E-state index is 12.8. The van der Waals surface area contributed by atoms with E-state index in [1.165, 1.54) is 4.31 Å². The Morgan fingerprint density at radius 3 is 2.59 bits per heavy atom. The summed E-state index contributed by atoms with van der Waals surface area (Å²) in [6, 6.07) is 7.12. The van der Waals surface area contributed by atoms with Crippen molar-refractivity contribution in [1.82, 2.24) is 9.62 Å². The van der Waals surface area contributed by atoms with Crippen LogP contribution >= 0.6 is 11.6 Å². The van der Waals surface area contributed by atoms with Crippen molar-refractivity contribution < 1.29 is 22.7 Å². The van der Waals surface area contributed by atoms with E-state index in [0.717, 1.165) is 11.8 Å². The molecule has 1 amide bonds. The Labute approximate surface area is 163 Å². The van der Waals surface area contributed by atoms with Crippen LogP contribution < -0.4 is 5.32 Å². The number of esters is 1. The molecule has 0 aromatic heterocycles. The fourth-order valence-corrected chi connectivity index (χ4v) is 4.63. The van der Waals surface area contributed by atoms with Crippen LogP contribution in [0.2, 0.25) is 5.02 Å². The Morgan fingerprint density at radius 1 is 1.33 bits per heavy atom. The third-order valence-electron chi connectivity index (χ3n) is 4.99. The molecule has 1 saturated heterocycles. The molecule has 0 aliphatic carbocycles. The highest BCUT2D eigenvalue weighted by Crippen LogP contribution is 2.41. The van der Waals surface area contributed by atoms with E-state index < -0.39 is 21.6 Å². The Hall–Kier alpha value is -1.90. The fraction of sp³-hybridized carbons (Fsp3) is 0.444. The zero-order valence-corrected chi connectivity index (χ0v) is 16.7. The standard InChI is InChI=1S/C18H21ClN2O5S/c1-12-15(16(22)20-11-13-4-3-5-14(19)10-13)18(26-17(12)23)6-8-21(9-7-18)27(2,24)25/h3-5,10H,6-9,11H2,1-2H3,(H,20,22). The van der Waals surface area contributed by atoms with Crippen LogP contribution in [0.15, 0.2) is 35.4 Å². The first-order valence-electron chi connectivity index (χ1n) is 8.55. The maximum Gasteiger partial charge on any atom is 0.335 e. The zero-order valence-electron chi connectivity index (χ0n) is 15.1. The van der Waals surface area contributed by atoms with Crippen LogP contribution in [0.1, 0.15) is 25.3 Å². The van der Waals surface area contributed by atoms with E-state index in [2.05, 4.69) is 5.32 Å². The number of benzene rings is 1. The van der Waals surface area contributed by atoms with Crippen molar-refractivity contribution in [1.29, 1.82) is 0 Å². The van der Waals surface area contributed by atoms with Crippen molar-refractivity contribution in [2.45, 2.75) is 31.9 Å². The fourth-order valence-electron chi connectivity index (χ4n) is 3.57. The SMILES string of the molecule is CC1=C(C(=O)NCc2cccc(Cl)c2)C2(CCN(S(C)(=O)=O)CC2)OC1=O. The lowest BCUT2D eigenvalue weighted by atomic mass is 9.83. The van der Waals surface area contributed by atoms with Crippen LogP contribution in [0.5, 0.6) is 0 Å². The lowest BCUT2D eigenvalue weighted by Crippen LogP contribution is -2.50. The first-order valence-corrected chi connectivity index (χ1v) is 10.8. The van der Waals surface area contributed by atoms with Gasteiger partial charge < -0.3 is 10.1 Å². The molecular weight excluding hydrogens is 392 g/mol. The number of rotatable bonds is 4. The van der Waals surface area contributed by atoms with Gasteiger partial charge in [0.25, 0.3) is 5.91 Å². The minimum Gasteiger partial charge on any atom is -0.450 e. The molecule has 9 heteroatoms. The van der Waals surface area contributed by atoms with Gasteiger partial charge in [-0.3, -0.25) is 4.79 Å². The van der Waals surface area contributed by atoms with Gasteiger partial charge in [0.1, 0.15) is 5.60 Å². The van der Waals surface area contributed by atoms with Crippen LogP contribution in [-0.2, 0) is 30.9 Å². The third-order valence-corrected chi connectivity index (χ3v) is 6.53. The van der Waals surface area contributed by atoms with Gasteiger partial charge in [-0.15, -0.1) is 0 Å². The normalized spacial score (nSPS) is 20.0.